The van der Waals surface area contributed by atoms with Gasteiger partial charge in [-0.15, -0.1) is 11.8 Å². The lowest BCUT2D eigenvalue weighted by atomic mass is 10.1. The summed E-state index contributed by atoms with van der Waals surface area (Å²) in [5, 5.41) is 3.37. The van der Waals surface area contributed by atoms with Crippen LogP contribution in [0.4, 0.5) is 0 Å². The summed E-state index contributed by atoms with van der Waals surface area (Å²) in [5.41, 5.74) is 2.03. The van der Waals surface area contributed by atoms with Gasteiger partial charge < -0.3 is 15.2 Å². The molecule has 1 atom stereocenters. The van der Waals surface area contributed by atoms with Crippen molar-refractivity contribution < 1.29 is 4.79 Å². The average molecular weight is 361 g/mol. The van der Waals surface area contributed by atoms with E-state index in [1.807, 2.05) is 24.3 Å². The Hall–Kier alpha value is -1.53. The first-order valence-electron chi connectivity index (χ1n) is 9.23. The largest absolute Gasteiger partial charge is 0.353 e. The van der Waals surface area contributed by atoms with E-state index in [1.165, 1.54) is 13.0 Å². The summed E-state index contributed by atoms with van der Waals surface area (Å²) in [6.45, 7) is 7.68. The number of aromatic amines is 1. The average Bonchev–Trinajstić information content (AvgIpc) is 3.06. The van der Waals surface area contributed by atoms with Crippen molar-refractivity contribution in [2.45, 2.75) is 44.4 Å². The van der Waals surface area contributed by atoms with Crippen LogP contribution in [-0.2, 0) is 4.79 Å². The zero-order valence-corrected chi connectivity index (χ0v) is 15.9. The predicted octanol–water partition coefficient (Wildman–Crippen LogP) is 3.35. The number of hydrogen-bond donors (Lipinski definition) is 2. The molecule has 2 aromatic rings. The number of H-pyrrole nitrogens is 1. The summed E-state index contributed by atoms with van der Waals surface area (Å²) in [6, 6.07) is 8.36. The lowest BCUT2D eigenvalue weighted by molar-refractivity contribution is -0.119. The van der Waals surface area contributed by atoms with Crippen molar-refractivity contribution in [3.63, 3.8) is 0 Å². The number of piperidine rings is 1. The molecule has 25 heavy (non-hydrogen) atoms. The first-order valence-corrected chi connectivity index (χ1v) is 10.3. The number of thioether (sulfide) groups is 1. The first-order chi connectivity index (χ1) is 12.2. The molecular weight excluding hydrogens is 332 g/mol. The zero-order valence-electron chi connectivity index (χ0n) is 15.1. The predicted molar refractivity (Wildman–Crippen MR) is 105 cm³/mol. The number of benzene rings is 1. The molecule has 2 heterocycles. The Morgan fingerprint density at radius 2 is 2.16 bits per heavy atom. The molecule has 6 heteroatoms. The van der Waals surface area contributed by atoms with E-state index in [-0.39, 0.29) is 11.2 Å². The van der Waals surface area contributed by atoms with Gasteiger partial charge in [-0.25, -0.2) is 4.98 Å². The molecular formula is C19H28N4OS. The molecule has 1 aromatic carbocycles. The van der Waals surface area contributed by atoms with Crippen LogP contribution in [0.1, 0.15) is 44.2 Å². The molecule has 136 valence electrons. The van der Waals surface area contributed by atoms with Crippen LogP contribution < -0.4 is 5.32 Å². The highest BCUT2D eigenvalue weighted by atomic mass is 32.2. The normalized spacial score (nSPS) is 17.7. The van der Waals surface area contributed by atoms with Crippen LogP contribution in [0, 0.1) is 0 Å². The third kappa shape index (κ3) is 4.98. The molecule has 1 saturated heterocycles. The van der Waals surface area contributed by atoms with Gasteiger partial charge in [0.15, 0.2) is 0 Å². The van der Waals surface area contributed by atoms with Crippen molar-refractivity contribution in [3.8, 4) is 0 Å². The second-order valence-electron chi connectivity index (χ2n) is 6.78. The molecule has 0 saturated carbocycles. The molecule has 1 aromatic heterocycles. The van der Waals surface area contributed by atoms with E-state index >= 15 is 0 Å². The molecule has 1 amide bonds. The Morgan fingerprint density at radius 1 is 1.40 bits per heavy atom. The summed E-state index contributed by atoms with van der Waals surface area (Å²) in [5.74, 6) is 1.56. The van der Waals surface area contributed by atoms with Gasteiger partial charge in [0.25, 0.3) is 0 Å². The third-order valence-electron chi connectivity index (χ3n) is 4.75. The number of para-hydroxylation sites is 2. The van der Waals surface area contributed by atoms with Crippen LogP contribution in [0.15, 0.2) is 24.3 Å². The number of hydrogen-bond acceptors (Lipinski definition) is 4. The number of rotatable bonds is 7. The van der Waals surface area contributed by atoms with Crippen LogP contribution >= 0.6 is 11.8 Å². The zero-order chi connectivity index (χ0) is 17.6. The lowest BCUT2D eigenvalue weighted by Gasteiger charge is -2.32. The van der Waals surface area contributed by atoms with Crippen molar-refractivity contribution in [3.05, 3.63) is 30.1 Å². The van der Waals surface area contributed by atoms with Crippen molar-refractivity contribution in [1.29, 1.82) is 0 Å². The molecule has 1 unspecified atom stereocenters. The van der Waals surface area contributed by atoms with Crippen LogP contribution in [-0.4, -0.2) is 52.2 Å². The standard InChI is InChI=1S/C19H28N4OS/c1-3-10-23-11-8-15(9-12-23)20-18(24)13-25-14(2)19-21-16-6-4-5-7-17(16)22-19/h4-7,14-15H,3,8-13H2,1-2H3,(H,20,24)(H,21,22). The number of nitrogens with zero attached hydrogens (tertiary/aromatic N) is 2. The highest BCUT2D eigenvalue weighted by molar-refractivity contribution is 8.00. The molecule has 0 radical (unpaired) electrons. The third-order valence-corrected chi connectivity index (χ3v) is 5.90. The molecule has 1 aliphatic rings. The smallest absolute Gasteiger partial charge is 0.230 e. The van der Waals surface area contributed by atoms with Crippen molar-refractivity contribution >= 4 is 28.7 Å². The SMILES string of the molecule is CCCN1CCC(NC(=O)CSC(C)c2nc3ccccc3[nH]2)CC1. The minimum atomic E-state index is 0.141. The summed E-state index contributed by atoms with van der Waals surface area (Å²) in [7, 11) is 0. The van der Waals surface area contributed by atoms with E-state index in [0.29, 0.717) is 11.8 Å². The van der Waals surface area contributed by atoms with Crippen molar-refractivity contribution in [1.82, 2.24) is 20.2 Å². The maximum absolute atomic E-state index is 12.3. The number of fused-ring (bicyclic) bond motifs is 1. The molecule has 1 aliphatic heterocycles. The fraction of sp³-hybridized carbons (Fsp3) is 0.579. The molecule has 0 aliphatic carbocycles. The Balaban J connectivity index is 1.43. The van der Waals surface area contributed by atoms with Gasteiger partial charge in [-0.05, 0) is 44.9 Å². The first kappa shape index (κ1) is 18.3. The monoisotopic (exact) mass is 360 g/mol. The summed E-state index contributed by atoms with van der Waals surface area (Å²) in [6.07, 6.45) is 3.33. The Kier molecular flexibility index (Phi) is 6.37. The van der Waals surface area contributed by atoms with Crippen LogP contribution in [0.5, 0.6) is 0 Å². The van der Waals surface area contributed by atoms with Gasteiger partial charge >= 0.3 is 0 Å². The molecule has 1 fully saturated rings. The number of carbonyl (C=O) groups is 1. The Morgan fingerprint density at radius 3 is 2.88 bits per heavy atom. The molecule has 3 rings (SSSR count). The van der Waals surface area contributed by atoms with Crippen LogP contribution in [0.25, 0.3) is 11.0 Å². The molecule has 2 N–H and O–H groups in total. The lowest BCUT2D eigenvalue weighted by Crippen LogP contribution is -2.45. The number of amides is 1. The number of carbonyl (C=O) groups excluding carboxylic acids is 1. The second kappa shape index (κ2) is 8.72. The van der Waals surface area contributed by atoms with Crippen molar-refractivity contribution in [2.24, 2.45) is 0 Å². The van der Waals surface area contributed by atoms with Gasteiger partial charge in [0.1, 0.15) is 5.82 Å². The topological polar surface area (TPSA) is 61.0 Å². The van der Waals surface area contributed by atoms with E-state index < -0.39 is 0 Å². The van der Waals surface area contributed by atoms with Gasteiger partial charge in [0.05, 0.1) is 22.0 Å². The molecule has 5 nitrogen and oxygen atoms in total. The summed E-state index contributed by atoms with van der Waals surface area (Å²) >= 11 is 1.63. The number of aromatic nitrogens is 2. The maximum Gasteiger partial charge on any atom is 0.230 e. The van der Waals surface area contributed by atoms with Crippen LogP contribution in [0.2, 0.25) is 0 Å². The quantitative estimate of drug-likeness (QED) is 0.795. The van der Waals surface area contributed by atoms with E-state index in [1.54, 1.807) is 11.8 Å². The van der Waals surface area contributed by atoms with E-state index in [2.05, 4.69) is 34.0 Å². The summed E-state index contributed by atoms with van der Waals surface area (Å²) in [4.78, 5) is 22.7. The number of nitrogens with one attached hydrogen (secondary N) is 2. The second-order valence-corrected chi connectivity index (χ2v) is 8.10. The Bertz CT molecular complexity index is 661. The summed E-state index contributed by atoms with van der Waals surface area (Å²) < 4.78 is 0. The fourth-order valence-electron chi connectivity index (χ4n) is 3.33. The highest BCUT2D eigenvalue weighted by Gasteiger charge is 2.20. The fourth-order valence-corrected chi connectivity index (χ4v) is 4.09. The van der Waals surface area contributed by atoms with Gasteiger partial charge in [0, 0.05) is 19.1 Å². The van der Waals surface area contributed by atoms with Crippen LogP contribution in [0.3, 0.4) is 0 Å². The van der Waals surface area contributed by atoms with E-state index in [9.17, 15) is 4.79 Å². The number of imidazole rings is 1. The Labute approximate surface area is 154 Å². The van der Waals surface area contributed by atoms with E-state index in [0.717, 1.165) is 42.8 Å². The minimum absolute atomic E-state index is 0.141. The molecule has 0 bridgehead atoms. The van der Waals surface area contributed by atoms with Gasteiger partial charge in [0.2, 0.25) is 5.91 Å². The van der Waals surface area contributed by atoms with E-state index in [4.69, 9.17) is 0 Å². The van der Waals surface area contributed by atoms with Crippen molar-refractivity contribution in [2.75, 3.05) is 25.4 Å². The number of likely N-dealkylation sites (tertiary alicyclic amines) is 1. The maximum atomic E-state index is 12.3. The highest BCUT2D eigenvalue weighted by Crippen LogP contribution is 2.27. The minimum Gasteiger partial charge on any atom is -0.353 e. The molecule has 0 spiro atoms. The van der Waals surface area contributed by atoms with Gasteiger partial charge in [-0.3, -0.25) is 4.79 Å². The van der Waals surface area contributed by atoms with Gasteiger partial charge in [-0.2, -0.15) is 0 Å². The van der Waals surface area contributed by atoms with Gasteiger partial charge in [-0.1, -0.05) is 19.1 Å².